The average Bonchev–Trinajstić information content (AvgIpc) is 3.04. The first-order valence-electron chi connectivity index (χ1n) is 5.21. The molecule has 1 aliphatic rings. The normalized spacial score (nSPS) is 15.1. The molecule has 0 unspecified atom stereocenters. The molecule has 0 amide bonds. The number of amidine groups is 1. The summed E-state index contributed by atoms with van der Waals surface area (Å²) in [5, 5.41) is 7.92. The van der Waals surface area contributed by atoms with Gasteiger partial charge in [-0.15, -0.1) is 0 Å². The molecule has 1 aromatic rings. The minimum absolute atomic E-state index is 0.533. The molecule has 1 aliphatic carbocycles. The second-order valence-corrected chi connectivity index (χ2v) is 5.06. The summed E-state index contributed by atoms with van der Waals surface area (Å²) in [6.07, 6.45) is 2.40. The Labute approximate surface area is 98.9 Å². The summed E-state index contributed by atoms with van der Waals surface area (Å²) in [6, 6.07) is 8.29. The summed E-state index contributed by atoms with van der Waals surface area (Å²) in [5.41, 5.74) is 1.26. The first-order valence-corrected chi connectivity index (χ1v) is 6.00. The Morgan fingerprint density at radius 1 is 1.40 bits per heavy atom. The lowest BCUT2D eigenvalue weighted by molar-refractivity contribution is 0.481. The zero-order valence-corrected chi connectivity index (χ0v) is 10.4. The van der Waals surface area contributed by atoms with E-state index in [9.17, 15) is 0 Å². The van der Waals surface area contributed by atoms with Crippen LogP contribution in [0, 0.1) is 11.3 Å². The number of rotatable bonds is 3. The van der Waals surface area contributed by atoms with Crippen molar-refractivity contribution in [3.8, 4) is 0 Å². The highest BCUT2D eigenvalue weighted by Crippen LogP contribution is 2.31. The topological polar surface area (TPSA) is 27.1 Å². The molecule has 3 heteroatoms. The molecular formula is C12H15BrN2. The molecule has 1 saturated carbocycles. The quantitative estimate of drug-likeness (QED) is 0.660. The Morgan fingerprint density at radius 3 is 2.53 bits per heavy atom. The van der Waals surface area contributed by atoms with Crippen LogP contribution in [0.3, 0.4) is 0 Å². The largest absolute Gasteiger partial charge is 0.359 e. The number of hydrogen-bond acceptors (Lipinski definition) is 1. The zero-order chi connectivity index (χ0) is 10.8. The summed E-state index contributed by atoms with van der Waals surface area (Å²) >= 11 is 3.42. The SMILES string of the molecule is CN(Cc1ccc(Br)cc1)C(=N)C1CC1. The van der Waals surface area contributed by atoms with Crippen LogP contribution in [0.4, 0.5) is 0 Å². The van der Waals surface area contributed by atoms with Gasteiger partial charge in [0.05, 0.1) is 5.84 Å². The standard InChI is InChI=1S/C12H15BrN2/c1-15(12(14)10-4-5-10)8-9-2-6-11(13)7-3-9/h2-3,6-7,10,14H,4-5,8H2,1H3. The third kappa shape index (κ3) is 2.81. The molecule has 80 valence electrons. The van der Waals surface area contributed by atoms with Crippen molar-refractivity contribution >= 4 is 21.8 Å². The second-order valence-electron chi connectivity index (χ2n) is 4.14. The maximum atomic E-state index is 7.92. The van der Waals surface area contributed by atoms with Crippen molar-refractivity contribution in [3.05, 3.63) is 34.3 Å². The van der Waals surface area contributed by atoms with Crippen LogP contribution in [0.1, 0.15) is 18.4 Å². The molecule has 0 radical (unpaired) electrons. The van der Waals surface area contributed by atoms with E-state index < -0.39 is 0 Å². The van der Waals surface area contributed by atoms with E-state index in [1.54, 1.807) is 0 Å². The lowest BCUT2D eigenvalue weighted by Crippen LogP contribution is -2.26. The fraction of sp³-hybridized carbons (Fsp3) is 0.417. The number of halogens is 1. The van der Waals surface area contributed by atoms with E-state index in [0.717, 1.165) is 16.9 Å². The highest BCUT2D eigenvalue weighted by molar-refractivity contribution is 9.10. The lowest BCUT2D eigenvalue weighted by atomic mass is 10.2. The second kappa shape index (κ2) is 4.35. The van der Waals surface area contributed by atoms with Crippen LogP contribution < -0.4 is 0 Å². The van der Waals surface area contributed by atoms with Crippen molar-refractivity contribution in [1.82, 2.24) is 4.90 Å². The summed E-state index contributed by atoms with van der Waals surface area (Å²) in [6.45, 7) is 0.836. The van der Waals surface area contributed by atoms with Gasteiger partial charge in [-0.05, 0) is 30.5 Å². The smallest absolute Gasteiger partial charge is 0.0989 e. The summed E-state index contributed by atoms with van der Waals surface area (Å²) in [4.78, 5) is 2.04. The molecule has 0 saturated heterocycles. The predicted molar refractivity (Wildman–Crippen MR) is 66.1 cm³/mol. The molecule has 0 atom stereocenters. The number of nitrogens with zero attached hydrogens (tertiary/aromatic N) is 1. The van der Waals surface area contributed by atoms with Crippen LogP contribution in [0.5, 0.6) is 0 Å². The third-order valence-corrected chi connectivity index (χ3v) is 3.24. The van der Waals surface area contributed by atoms with Gasteiger partial charge in [-0.25, -0.2) is 0 Å². The Hall–Kier alpha value is -0.830. The van der Waals surface area contributed by atoms with Crippen molar-refractivity contribution in [2.75, 3.05) is 7.05 Å². The highest BCUT2D eigenvalue weighted by atomic mass is 79.9. The van der Waals surface area contributed by atoms with Gasteiger partial charge in [0.2, 0.25) is 0 Å². The highest BCUT2D eigenvalue weighted by Gasteiger charge is 2.28. The van der Waals surface area contributed by atoms with E-state index >= 15 is 0 Å². The summed E-state index contributed by atoms with van der Waals surface area (Å²) in [7, 11) is 2.00. The third-order valence-electron chi connectivity index (χ3n) is 2.71. The number of hydrogen-bond donors (Lipinski definition) is 1. The first kappa shape index (κ1) is 10.7. The minimum Gasteiger partial charge on any atom is -0.359 e. The van der Waals surface area contributed by atoms with Gasteiger partial charge in [-0.1, -0.05) is 28.1 Å². The van der Waals surface area contributed by atoms with Crippen molar-refractivity contribution in [2.45, 2.75) is 19.4 Å². The van der Waals surface area contributed by atoms with E-state index in [2.05, 4.69) is 28.1 Å². The molecule has 1 N–H and O–H groups in total. The van der Waals surface area contributed by atoms with Crippen molar-refractivity contribution in [3.63, 3.8) is 0 Å². The van der Waals surface area contributed by atoms with Crippen LogP contribution >= 0.6 is 15.9 Å². The molecule has 0 aliphatic heterocycles. The first-order chi connectivity index (χ1) is 7.16. The van der Waals surface area contributed by atoms with E-state index in [-0.39, 0.29) is 0 Å². The van der Waals surface area contributed by atoms with Gasteiger partial charge in [0.25, 0.3) is 0 Å². The molecule has 0 aromatic heterocycles. The summed E-state index contributed by atoms with van der Waals surface area (Å²) in [5.74, 6) is 1.32. The molecule has 0 spiro atoms. The van der Waals surface area contributed by atoms with Crippen LogP contribution in [-0.4, -0.2) is 17.8 Å². The average molecular weight is 267 g/mol. The molecular weight excluding hydrogens is 252 g/mol. The van der Waals surface area contributed by atoms with Gasteiger partial charge >= 0.3 is 0 Å². The van der Waals surface area contributed by atoms with Crippen LogP contribution in [-0.2, 0) is 6.54 Å². The van der Waals surface area contributed by atoms with Crippen LogP contribution in [0.2, 0.25) is 0 Å². The fourth-order valence-corrected chi connectivity index (χ4v) is 1.88. The van der Waals surface area contributed by atoms with E-state index in [1.807, 2.05) is 24.1 Å². The van der Waals surface area contributed by atoms with Crippen molar-refractivity contribution in [2.24, 2.45) is 5.92 Å². The Bertz CT molecular complexity index is 354. The maximum Gasteiger partial charge on any atom is 0.0989 e. The van der Waals surface area contributed by atoms with Gasteiger partial charge in [0.1, 0.15) is 0 Å². The van der Waals surface area contributed by atoms with E-state index in [0.29, 0.717) is 5.92 Å². The Balaban J connectivity index is 1.95. The minimum atomic E-state index is 0.533. The zero-order valence-electron chi connectivity index (χ0n) is 8.83. The predicted octanol–water partition coefficient (Wildman–Crippen LogP) is 3.27. The molecule has 0 bridgehead atoms. The molecule has 1 fully saturated rings. The van der Waals surface area contributed by atoms with E-state index in [1.165, 1.54) is 18.4 Å². The van der Waals surface area contributed by atoms with Gasteiger partial charge < -0.3 is 4.90 Å². The van der Waals surface area contributed by atoms with Gasteiger partial charge in [0.15, 0.2) is 0 Å². The molecule has 2 nitrogen and oxygen atoms in total. The van der Waals surface area contributed by atoms with Gasteiger partial charge in [0, 0.05) is 24.0 Å². The Morgan fingerprint density at radius 2 is 2.00 bits per heavy atom. The number of nitrogens with one attached hydrogen (secondary N) is 1. The molecule has 15 heavy (non-hydrogen) atoms. The molecule has 2 rings (SSSR count). The van der Waals surface area contributed by atoms with Crippen LogP contribution in [0.15, 0.2) is 28.7 Å². The van der Waals surface area contributed by atoms with Crippen molar-refractivity contribution < 1.29 is 0 Å². The van der Waals surface area contributed by atoms with Crippen LogP contribution in [0.25, 0.3) is 0 Å². The van der Waals surface area contributed by atoms with Crippen molar-refractivity contribution in [1.29, 1.82) is 5.41 Å². The molecule has 0 heterocycles. The summed E-state index contributed by atoms with van der Waals surface area (Å²) < 4.78 is 1.10. The monoisotopic (exact) mass is 266 g/mol. The van der Waals surface area contributed by atoms with Gasteiger partial charge in [-0.2, -0.15) is 0 Å². The Kier molecular flexibility index (Phi) is 3.10. The lowest BCUT2D eigenvalue weighted by Gasteiger charge is -2.19. The molecule has 1 aromatic carbocycles. The maximum absolute atomic E-state index is 7.92. The fourth-order valence-electron chi connectivity index (χ4n) is 1.62. The van der Waals surface area contributed by atoms with E-state index in [4.69, 9.17) is 5.41 Å². The number of benzene rings is 1. The van der Waals surface area contributed by atoms with Gasteiger partial charge in [-0.3, -0.25) is 5.41 Å².